The van der Waals surface area contributed by atoms with Crippen LogP contribution in [0.15, 0.2) is 24.3 Å². The van der Waals surface area contributed by atoms with Crippen LogP contribution in [0.5, 0.6) is 5.75 Å². The van der Waals surface area contributed by atoms with E-state index in [2.05, 4.69) is 6.92 Å². The van der Waals surface area contributed by atoms with Gasteiger partial charge in [0.05, 0.1) is 6.61 Å². The molecule has 3 nitrogen and oxygen atoms in total. The average molecular weight is 456 g/mol. The zero-order chi connectivity index (χ0) is 21.7. The molecule has 0 aromatic heterocycles. The first-order valence-corrected chi connectivity index (χ1v) is 12.9. The summed E-state index contributed by atoms with van der Waals surface area (Å²) in [6.07, 6.45) is 22.8. The number of rotatable bonds is 21. The molecule has 3 N–H and O–H groups in total. The van der Waals surface area contributed by atoms with Gasteiger partial charge in [-0.15, -0.1) is 12.4 Å². The van der Waals surface area contributed by atoms with Gasteiger partial charge >= 0.3 is 0 Å². The lowest BCUT2D eigenvalue weighted by molar-refractivity contribution is 0.276. The fourth-order valence-corrected chi connectivity index (χ4v) is 3.96. The predicted octanol–water partition coefficient (Wildman–Crippen LogP) is 8.13. The molecular formula is C27H50ClNO2. The third kappa shape index (κ3) is 17.5. The van der Waals surface area contributed by atoms with Gasteiger partial charge in [-0.25, -0.2) is 0 Å². The van der Waals surface area contributed by atoms with Crippen LogP contribution in [-0.4, -0.2) is 18.3 Å². The molecule has 0 aliphatic rings. The fraction of sp³-hybridized carbons (Fsp3) is 0.778. The summed E-state index contributed by atoms with van der Waals surface area (Å²) in [5.74, 6) is 0.913. The number of aliphatic hydroxyl groups is 1. The Bertz CT molecular complexity index is 481. The maximum atomic E-state index is 8.96. The van der Waals surface area contributed by atoms with Gasteiger partial charge in [-0.3, -0.25) is 0 Å². The summed E-state index contributed by atoms with van der Waals surface area (Å²) >= 11 is 0. The van der Waals surface area contributed by atoms with Crippen LogP contribution >= 0.6 is 12.4 Å². The summed E-state index contributed by atoms with van der Waals surface area (Å²) in [6.45, 7) is 3.20. The molecular weight excluding hydrogens is 406 g/mol. The second-order valence-corrected chi connectivity index (χ2v) is 8.84. The lowest BCUT2D eigenvalue weighted by Crippen LogP contribution is -2.11. The molecule has 0 amide bonds. The molecule has 0 fully saturated rings. The zero-order valence-corrected chi connectivity index (χ0v) is 21.0. The van der Waals surface area contributed by atoms with E-state index in [-0.39, 0.29) is 25.1 Å². The molecule has 1 aromatic rings. The van der Waals surface area contributed by atoms with E-state index in [0.29, 0.717) is 6.42 Å². The van der Waals surface area contributed by atoms with Gasteiger partial charge in [0, 0.05) is 12.6 Å². The van der Waals surface area contributed by atoms with Gasteiger partial charge in [0.15, 0.2) is 0 Å². The number of benzene rings is 1. The minimum Gasteiger partial charge on any atom is -0.494 e. The lowest BCUT2D eigenvalue weighted by atomic mass is 10.0. The van der Waals surface area contributed by atoms with E-state index in [1.165, 1.54) is 96.3 Å². The summed E-state index contributed by atoms with van der Waals surface area (Å²) < 4.78 is 5.83. The minimum atomic E-state index is -0.0932. The molecule has 0 spiro atoms. The largest absolute Gasteiger partial charge is 0.494 e. The number of hydrogen-bond acceptors (Lipinski definition) is 3. The predicted molar refractivity (Wildman–Crippen MR) is 137 cm³/mol. The molecule has 1 unspecified atom stereocenters. The standard InChI is InChI=1S/C27H49NO2.ClH/c1-2-3-4-5-6-7-8-9-10-11-12-13-14-15-16-17-24-30-26-20-18-25(19-21-26)27(28)22-23-29;/h18-21,27,29H,2-17,22-24,28H2,1H3;1H. The smallest absolute Gasteiger partial charge is 0.119 e. The Morgan fingerprint density at radius 2 is 1.13 bits per heavy atom. The maximum Gasteiger partial charge on any atom is 0.119 e. The highest BCUT2D eigenvalue weighted by Crippen LogP contribution is 2.19. The topological polar surface area (TPSA) is 55.5 Å². The quantitative estimate of drug-likeness (QED) is 0.184. The van der Waals surface area contributed by atoms with E-state index in [1.807, 2.05) is 24.3 Å². The molecule has 1 atom stereocenters. The van der Waals surface area contributed by atoms with Crippen molar-refractivity contribution in [2.24, 2.45) is 5.73 Å². The Hall–Kier alpha value is -0.770. The van der Waals surface area contributed by atoms with Crippen molar-refractivity contribution in [2.75, 3.05) is 13.2 Å². The molecule has 0 saturated carbocycles. The Balaban J connectivity index is 0.00000900. The second-order valence-electron chi connectivity index (χ2n) is 8.84. The normalized spacial score (nSPS) is 11.8. The van der Waals surface area contributed by atoms with Gasteiger partial charge in [-0.2, -0.15) is 0 Å². The first-order valence-electron chi connectivity index (χ1n) is 12.9. The van der Waals surface area contributed by atoms with Crippen molar-refractivity contribution in [2.45, 2.75) is 122 Å². The molecule has 182 valence electrons. The first kappa shape index (κ1) is 30.2. The fourth-order valence-electron chi connectivity index (χ4n) is 3.96. The van der Waals surface area contributed by atoms with E-state index in [4.69, 9.17) is 15.6 Å². The van der Waals surface area contributed by atoms with Gasteiger partial charge < -0.3 is 15.6 Å². The SMILES string of the molecule is CCCCCCCCCCCCCCCCCCOc1ccc(C(N)CCO)cc1.Cl. The van der Waals surface area contributed by atoms with Gasteiger partial charge in [-0.05, 0) is 30.5 Å². The van der Waals surface area contributed by atoms with E-state index in [1.54, 1.807) is 0 Å². The van der Waals surface area contributed by atoms with Crippen molar-refractivity contribution in [1.29, 1.82) is 0 Å². The summed E-state index contributed by atoms with van der Waals surface area (Å²) in [6, 6.07) is 7.88. The van der Waals surface area contributed by atoms with Crippen molar-refractivity contribution in [3.8, 4) is 5.75 Å². The molecule has 0 aliphatic heterocycles. The Morgan fingerprint density at radius 3 is 1.55 bits per heavy atom. The minimum absolute atomic E-state index is 0. The van der Waals surface area contributed by atoms with Crippen LogP contribution < -0.4 is 10.5 Å². The number of unbranched alkanes of at least 4 members (excludes halogenated alkanes) is 15. The van der Waals surface area contributed by atoms with Crippen LogP contribution in [0.25, 0.3) is 0 Å². The molecule has 0 heterocycles. The molecule has 1 rings (SSSR count). The molecule has 4 heteroatoms. The Kier molecular flexibility index (Phi) is 21.9. The number of hydrogen-bond donors (Lipinski definition) is 2. The van der Waals surface area contributed by atoms with Crippen molar-refractivity contribution in [3.63, 3.8) is 0 Å². The van der Waals surface area contributed by atoms with Crippen molar-refractivity contribution in [1.82, 2.24) is 0 Å². The molecule has 0 saturated heterocycles. The Labute approximate surface area is 198 Å². The van der Waals surface area contributed by atoms with Crippen LogP contribution in [0.4, 0.5) is 0 Å². The molecule has 0 aliphatic carbocycles. The van der Waals surface area contributed by atoms with E-state index < -0.39 is 0 Å². The van der Waals surface area contributed by atoms with Gasteiger partial charge in [0.1, 0.15) is 5.75 Å². The first-order chi connectivity index (χ1) is 14.8. The average Bonchev–Trinajstić information content (AvgIpc) is 2.76. The van der Waals surface area contributed by atoms with Crippen molar-refractivity contribution in [3.05, 3.63) is 29.8 Å². The van der Waals surface area contributed by atoms with E-state index >= 15 is 0 Å². The summed E-state index contributed by atoms with van der Waals surface area (Å²) in [5, 5.41) is 8.96. The molecule has 0 radical (unpaired) electrons. The third-order valence-corrected chi connectivity index (χ3v) is 6.01. The molecule has 0 bridgehead atoms. The lowest BCUT2D eigenvalue weighted by Gasteiger charge is -2.11. The summed E-state index contributed by atoms with van der Waals surface area (Å²) in [5.41, 5.74) is 7.05. The highest BCUT2D eigenvalue weighted by Gasteiger charge is 2.05. The van der Waals surface area contributed by atoms with Crippen LogP contribution in [-0.2, 0) is 0 Å². The van der Waals surface area contributed by atoms with Crippen molar-refractivity contribution >= 4 is 12.4 Å². The number of ether oxygens (including phenoxy) is 1. The van der Waals surface area contributed by atoms with Crippen LogP contribution in [0.2, 0.25) is 0 Å². The monoisotopic (exact) mass is 455 g/mol. The van der Waals surface area contributed by atoms with Crippen LogP contribution in [0.1, 0.15) is 128 Å². The highest BCUT2D eigenvalue weighted by atomic mass is 35.5. The van der Waals surface area contributed by atoms with Gasteiger partial charge in [-0.1, -0.05) is 115 Å². The third-order valence-electron chi connectivity index (χ3n) is 6.01. The maximum absolute atomic E-state index is 8.96. The van der Waals surface area contributed by atoms with Crippen LogP contribution in [0, 0.1) is 0 Å². The van der Waals surface area contributed by atoms with Crippen molar-refractivity contribution < 1.29 is 9.84 Å². The second kappa shape index (κ2) is 22.4. The highest BCUT2D eigenvalue weighted by molar-refractivity contribution is 5.85. The van der Waals surface area contributed by atoms with Gasteiger partial charge in [0.25, 0.3) is 0 Å². The number of halogens is 1. The summed E-state index contributed by atoms with van der Waals surface area (Å²) in [7, 11) is 0. The van der Waals surface area contributed by atoms with E-state index in [0.717, 1.165) is 24.3 Å². The number of aliphatic hydroxyl groups excluding tert-OH is 1. The van der Waals surface area contributed by atoms with Crippen LogP contribution in [0.3, 0.4) is 0 Å². The summed E-state index contributed by atoms with van der Waals surface area (Å²) in [4.78, 5) is 0. The molecule has 31 heavy (non-hydrogen) atoms. The number of nitrogens with two attached hydrogens (primary N) is 1. The van der Waals surface area contributed by atoms with Gasteiger partial charge in [0.2, 0.25) is 0 Å². The van der Waals surface area contributed by atoms with E-state index in [9.17, 15) is 0 Å². The zero-order valence-electron chi connectivity index (χ0n) is 20.2. The Morgan fingerprint density at radius 1 is 0.710 bits per heavy atom. The molecule has 1 aromatic carbocycles.